The highest BCUT2D eigenvalue weighted by Crippen LogP contribution is 2.23. The van der Waals surface area contributed by atoms with Crippen molar-refractivity contribution in [2.45, 2.75) is 51.4 Å². The van der Waals surface area contributed by atoms with E-state index < -0.39 is 11.6 Å². The predicted molar refractivity (Wildman–Crippen MR) is 51.0 cm³/mol. The van der Waals surface area contributed by atoms with Crippen molar-refractivity contribution < 1.29 is 19.4 Å². The standard InChI is InChI=1S/C10H18O4/c1-3-10(2,9(11)12)14-8-6-4-5-7-13-8/h8H,3-7H2,1-2H3,(H,11,12). The molecule has 1 fully saturated rings. The molecule has 1 aliphatic rings. The van der Waals surface area contributed by atoms with Gasteiger partial charge in [-0.1, -0.05) is 6.92 Å². The Balaban J connectivity index is 2.50. The molecule has 0 aliphatic carbocycles. The first-order valence-corrected chi connectivity index (χ1v) is 5.11. The van der Waals surface area contributed by atoms with Gasteiger partial charge in [-0.3, -0.25) is 0 Å². The zero-order valence-electron chi connectivity index (χ0n) is 8.78. The van der Waals surface area contributed by atoms with Gasteiger partial charge >= 0.3 is 5.97 Å². The molecule has 1 aliphatic heterocycles. The zero-order valence-corrected chi connectivity index (χ0v) is 8.78. The van der Waals surface area contributed by atoms with Gasteiger partial charge in [0.15, 0.2) is 11.9 Å². The lowest BCUT2D eigenvalue weighted by Gasteiger charge is -2.31. The molecule has 4 nitrogen and oxygen atoms in total. The molecule has 0 saturated carbocycles. The molecule has 0 bridgehead atoms. The first kappa shape index (κ1) is 11.5. The maximum Gasteiger partial charge on any atom is 0.335 e. The largest absolute Gasteiger partial charge is 0.479 e. The average molecular weight is 202 g/mol. The second kappa shape index (κ2) is 4.75. The van der Waals surface area contributed by atoms with Crippen LogP contribution in [0, 0.1) is 0 Å². The quantitative estimate of drug-likeness (QED) is 0.755. The third kappa shape index (κ3) is 2.69. The van der Waals surface area contributed by atoms with Gasteiger partial charge in [0.05, 0.1) is 0 Å². The molecule has 0 aromatic rings. The van der Waals surface area contributed by atoms with Gasteiger partial charge in [0, 0.05) is 6.61 Å². The van der Waals surface area contributed by atoms with Crippen LogP contribution in [-0.2, 0) is 14.3 Å². The van der Waals surface area contributed by atoms with E-state index in [0.29, 0.717) is 13.0 Å². The molecule has 1 N–H and O–H groups in total. The van der Waals surface area contributed by atoms with Gasteiger partial charge in [0.25, 0.3) is 0 Å². The second-order valence-electron chi connectivity index (χ2n) is 3.80. The van der Waals surface area contributed by atoms with Gasteiger partial charge in [-0.25, -0.2) is 4.79 Å². The number of carboxylic acid groups (broad SMARTS) is 1. The first-order chi connectivity index (χ1) is 6.58. The van der Waals surface area contributed by atoms with E-state index in [9.17, 15) is 4.79 Å². The number of hydrogen-bond acceptors (Lipinski definition) is 3. The van der Waals surface area contributed by atoms with Gasteiger partial charge < -0.3 is 14.6 Å². The molecular weight excluding hydrogens is 184 g/mol. The number of aliphatic carboxylic acids is 1. The molecule has 1 rings (SSSR count). The lowest BCUT2D eigenvalue weighted by atomic mass is 10.0. The van der Waals surface area contributed by atoms with E-state index in [1.54, 1.807) is 13.8 Å². The van der Waals surface area contributed by atoms with Crippen LogP contribution in [0.5, 0.6) is 0 Å². The topological polar surface area (TPSA) is 55.8 Å². The van der Waals surface area contributed by atoms with Crippen LogP contribution < -0.4 is 0 Å². The Morgan fingerprint density at radius 2 is 2.36 bits per heavy atom. The molecule has 1 heterocycles. The van der Waals surface area contributed by atoms with Gasteiger partial charge in [0.1, 0.15) is 0 Å². The van der Waals surface area contributed by atoms with E-state index in [1.165, 1.54) is 0 Å². The third-order valence-corrected chi connectivity index (χ3v) is 2.66. The number of carboxylic acids is 1. The van der Waals surface area contributed by atoms with Crippen LogP contribution in [0.25, 0.3) is 0 Å². The maximum absolute atomic E-state index is 10.9. The Labute approximate surface area is 84.2 Å². The van der Waals surface area contributed by atoms with Gasteiger partial charge in [-0.05, 0) is 32.6 Å². The average Bonchev–Trinajstić information content (AvgIpc) is 2.19. The van der Waals surface area contributed by atoms with E-state index in [0.717, 1.165) is 19.3 Å². The summed E-state index contributed by atoms with van der Waals surface area (Å²) < 4.78 is 10.8. The summed E-state index contributed by atoms with van der Waals surface area (Å²) in [5.74, 6) is -0.922. The molecule has 14 heavy (non-hydrogen) atoms. The second-order valence-corrected chi connectivity index (χ2v) is 3.80. The van der Waals surface area contributed by atoms with Crippen LogP contribution in [0.15, 0.2) is 0 Å². The number of ether oxygens (including phenoxy) is 2. The molecule has 4 heteroatoms. The van der Waals surface area contributed by atoms with E-state index in [4.69, 9.17) is 14.6 Å². The van der Waals surface area contributed by atoms with E-state index in [-0.39, 0.29) is 6.29 Å². The molecule has 0 spiro atoms. The predicted octanol–water partition coefficient (Wildman–Crippen LogP) is 1.78. The molecule has 0 radical (unpaired) electrons. The molecule has 2 atom stereocenters. The molecule has 0 aromatic heterocycles. The van der Waals surface area contributed by atoms with Crippen molar-refractivity contribution in [3.8, 4) is 0 Å². The van der Waals surface area contributed by atoms with Crippen molar-refractivity contribution in [3.05, 3.63) is 0 Å². The van der Waals surface area contributed by atoms with Gasteiger partial charge in [-0.2, -0.15) is 0 Å². The van der Waals surface area contributed by atoms with Crippen LogP contribution in [0.1, 0.15) is 39.5 Å². The van der Waals surface area contributed by atoms with Crippen molar-refractivity contribution >= 4 is 5.97 Å². The molecule has 0 aromatic carbocycles. The summed E-state index contributed by atoms with van der Waals surface area (Å²) >= 11 is 0. The number of rotatable bonds is 4. The fourth-order valence-corrected chi connectivity index (χ4v) is 1.38. The van der Waals surface area contributed by atoms with Crippen molar-refractivity contribution in [3.63, 3.8) is 0 Å². The first-order valence-electron chi connectivity index (χ1n) is 5.11. The van der Waals surface area contributed by atoms with E-state index in [1.807, 2.05) is 0 Å². The fourth-order valence-electron chi connectivity index (χ4n) is 1.38. The highest BCUT2D eigenvalue weighted by molar-refractivity contribution is 5.76. The van der Waals surface area contributed by atoms with Crippen molar-refractivity contribution in [1.82, 2.24) is 0 Å². The van der Waals surface area contributed by atoms with Gasteiger partial charge in [0.2, 0.25) is 0 Å². The minimum atomic E-state index is -1.11. The fraction of sp³-hybridized carbons (Fsp3) is 0.900. The van der Waals surface area contributed by atoms with Crippen molar-refractivity contribution in [2.75, 3.05) is 6.61 Å². The van der Waals surface area contributed by atoms with E-state index >= 15 is 0 Å². The summed E-state index contributed by atoms with van der Waals surface area (Å²) in [5, 5.41) is 8.98. The Kier molecular flexibility index (Phi) is 3.89. The summed E-state index contributed by atoms with van der Waals surface area (Å²) in [6.45, 7) is 4.06. The Hall–Kier alpha value is -0.610. The van der Waals surface area contributed by atoms with Crippen LogP contribution in [-0.4, -0.2) is 29.6 Å². The smallest absolute Gasteiger partial charge is 0.335 e. The highest BCUT2D eigenvalue weighted by Gasteiger charge is 2.35. The lowest BCUT2D eigenvalue weighted by Crippen LogP contribution is -2.42. The molecule has 0 amide bonds. The summed E-state index contributed by atoms with van der Waals surface area (Å²) in [7, 11) is 0. The minimum absolute atomic E-state index is 0.343. The minimum Gasteiger partial charge on any atom is -0.479 e. The van der Waals surface area contributed by atoms with Crippen LogP contribution in [0.4, 0.5) is 0 Å². The third-order valence-electron chi connectivity index (χ3n) is 2.66. The Bertz CT molecular complexity index is 198. The summed E-state index contributed by atoms with van der Waals surface area (Å²) in [6.07, 6.45) is 2.98. The summed E-state index contributed by atoms with van der Waals surface area (Å²) in [5.41, 5.74) is -1.11. The lowest BCUT2D eigenvalue weighted by molar-refractivity contribution is -0.228. The Morgan fingerprint density at radius 3 is 2.79 bits per heavy atom. The number of hydrogen-bond donors (Lipinski definition) is 1. The van der Waals surface area contributed by atoms with E-state index in [2.05, 4.69) is 0 Å². The normalized spacial score (nSPS) is 26.9. The van der Waals surface area contributed by atoms with Crippen molar-refractivity contribution in [2.24, 2.45) is 0 Å². The Morgan fingerprint density at radius 1 is 1.64 bits per heavy atom. The van der Waals surface area contributed by atoms with Crippen LogP contribution in [0.3, 0.4) is 0 Å². The van der Waals surface area contributed by atoms with Crippen molar-refractivity contribution in [1.29, 1.82) is 0 Å². The highest BCUT2D eigenvalue weighted by atomic mass is 16.7. The van der Waals surface area contributed by atoms with Crippen LogP contribution in [0.2, 0.25) is 0 Å². The monoisotopic (exact) mass is 202 g/mol. The zero-order chi connectivity index (χ0) is 10.6. The maximum atomic E-state index is 10.9. The summed E-state index contributed by atoms with van der Waals surface area (Å²) in [6, 6.07) is 0. The number of carbonyl (C=O) groups is 1. The molecular formula is C10H18O4. The molecule has 1 saturated heterocycles. The van der Waals surface area contributed by atoms with Gasteiger partial charge in [-0.15, -0.1) is 0 Å². The summed E-state index contributed by atoms with van der Waals surface area (Å²) in [4.78, 5) is 10.9. The molecule has 82 valence electrons. The molecule has 2 unspecified atom stereocenters. The SMILES string of the molecule is CCC(C)(OC1CCCCO1)C(=O)O. The van der Waals surface area contributed by atoms with Crippen LogP contribution >= 0.6 is 0 Å².